The molecule has 0 unspecified atom stereocenters. The van der Waals surface area contributed by atoms with Crippen molar-refractivity contribution >= 4 is 34.8 Å². The molecule has 0 spiro atoms. The van der Waals surface area contributed by atoms with E-state index in [-0.39, 0.29) is 11.8 Å². The highest BCUT2D eigenvalue weighted by atomic mass is 16.5. The molecular weight excluding hydrogens is 364 g/mol. The number of carbonyl (C=O) groups excluding carboxylic acids is 1. The van der Waals surface area contributed by atoms with Crippen molar-refractivity contribution in [3.8, 4) is 0 Å². The normalized spacial score (nSPS) is 11.4. The maximum atomic E-state index is 12.7. The molecule has 4 rings (SSSR count). The van der Waals surface area contributed by atoms with Gasteiger partial charge in [0.1, 0.15) is 0 Å². The minimum absolute atomic E-state index is 0.180. The number of amides is 1. The number of aromatic nitrogens is 3. The van der Waals surface area contributed by atoms with Gasteiger partial charge in [0.2, 0.25) is 0 Å². The molecule has 144 valence electrons. The molecule has 0 saturated carbocycles. The van der Waals surface area contributed by atoms with Gasteiger partial charge < -0.3 is 9.84 Å². The molecule has 1 aromatic carbocycles. The summed E-state index contributed by atoms with van der Waals surface area (Å²) in [6.07, 6.45) is 7.13. The van der Waals surface area contributed by atoms with Crippen molar-refractivity contribution in [2.24, 2.45) is 0 Å². The van der Waals surface area contributed by atoms with Crippen molar-refractivity contribution in [2.75, 3.05) is 5.32 Å². The van der Waals surface area contributed by atoms with Gasteiger partial charge in [0, 0.05) is 18.1 Å². The van der Waals surface area contributed by atoms with Gasteiger partial charge in [-0.05, 0) is 47.9 Å². The van der Waals surface area contributed by atoms with Crippen LogP contribution in [0.15, 0.2) is 65.4 Å². The van der Waals surface area contributed by atoms with Crippen LogP contribution in [0.3, 0.4) is 0 Å². The van der Waals surface area contributed by atoms with E-state index in [2.05, 4.69) is 20.4 Å². The average molecular weight is 384 g/mol. The number of hydrogen-bond donors (Lipinski definition) is 1. The molecule has 6 nitrogen and oxygen atoms in total. The Morgan fingerprint density at radius 2 is 1.97 bits per heavy atom. The van der Waals surface area contributed by atoms with E-state index in [0.29, 0.717) is 17.0 Å². The van der Waals surface area contributed by atoms with Crippen LogP contribution in [0.1, 0.15) is 47.1 Å². The number of benzene rings is 1. The Balaban J connectivity index is 1.53. The topological polar surface area (TPSA) is 80.9 Å². The number of nitrogens with one attached hydrogen (secondary N) is 1. The molecule has 0 fully saturated rings. The second-order valence-electron chi connectivity index (χ2n) is 6.97. The van der Waals surface area contributed by atoms with Crippen LogP contribution >= 0.6 is 0 Å². The number of rotatable bonds is 5. The highest BCUT2D eigenvalue weighted by Crippen LogP contribution is 2.24. The summed E-state index contributed by atoms with van der Waals surface area (Å²) < 4.78 is 5.24. The summed E-state index contributed by atoms with van der Waals surface area (Å²) in [7, 11) is 0. The van der Waals surface area contributed by atoms with Gasteiger partial charge in [-0.3, -0.25) is 9.78 Å². The Hall–Kier alpha value is -3.80. The van der Waals surface area contributed by atoms with Crippen LogP contribution in [0, 0.1) is 0 Å². The van der Waals surface area contributed by atoms with E-state index >= 15 is 0 Å². The molecule has 4 aromatic rings. The maximum Gasteiger partial charge on any atom is 0.257 e. The van der Waals surface area contributed by atoms with Crippen LogP contribution in [0.25, 0.3) is 23.3 Å². The third-order valence-electron chi connectivity index (χ3n) is 4.45. The van der Waals surface area contributed by atoms with E-state index in [4.69, 9.17) is 4.52 Å². The zero-order chi connectivity index (χ0) is 20.2. The SMILES string of the molecule is CC(C)c1noc2ncc(C(=O)Nc3cccc(/C=C/c4ccccn4)c3)cc12. The largest absolute Gasteiger partial charge is 0.336 e. The molecule has 0 bridgehead atoms. The van der Waals surface area contributed by atoms with Crippen molar-refractivity contribution in [2.45, 2.75) is 19.8 Å². The first-order valence-electron chi connectivity index (χ1n) is 9.36. The minimum atomic E-state index is -0.235. The fourth-order valence-corrected chi connectivity index (χ4v) is 2.97. The van der Waals surface area contributed by atoms with Gasteiger partial charge in [-0.25, -0.2) is 4.98 Å². The Morgan fingerprint density at radius 1 is 1.07 bits per heavy atom. The third-order valence-corrected chi connectivity index (χ3v) is 4.45. The second-order valence-corrected chi connectivity index (χ2v) is 6.97. The van der Waals surface area contributed by atoms with Gasteiger partial charge in [-0.1, -0.05) is 43.3 Å². The summed E-state index contributed by atoms with van der Waals surface area (Å²) in [6, 6.07) is 15.1. The van der Waals surface area contributed by atoms with Crippen molar-refractivity contribution in [3.05, 3.63) is 83.4 Å². The lowest BCUT2D eigenvalue weighted by atomic mass is 10.1. The Kier molecular flexibility index (Phi) is 5.16. The quantitative estimate of drug-likeness (QED) is 0.514. The third kappa shape index (κ3) is 4.21. The van der Waals surface area contributed by atoms with Crippen molar-refractivity contribution in [1.82, 2.24) is 15.1 Å². The average Bonchev–Trinajstić information content (AvgIpc) is 3.17. The standard InChI is InChI=1S/C23H20N4O2/c1-15(2)21-20-13-17(14-25-23(20)29-27-21)22(28)26-19-8-5-6-16(12-19)9-10-18-7-3-4-11-24-18/h3-15H,1-2H3,(H,26,28)/b10-9+. The van der Waals surface area contributed by atoms with Gasteiger partial charge in [0.25, 0.3) is 11.6 Å². The summed E-state index contributed by atoms with van der Waals surface area (Å²) in [6.45, 7) is 4.04. The van der Waals surface area contributed by atoms with Gasteiger partial charge in [0.15, 0.2) is 0 Å². The first kappa shape index (κ1) is 18.6. The van der Waals surface area contributed by atoms with Gasteiger partial charge in [-0.2, -0.15) is 0 Å². The molecular formula is C23H20N4O2. The first-order chi connectivity index (χ1) is 14.1. The monoisotopic (exact) mass is 384 g/mol. The lowest BCUT2D eigenvalue weighted by Gasteiger charge is -2.06. The van der Waals surface area contributed by atoms with E-state index in [1.165, 1.54) is 6.20 Å². The van der Waals surface area contributed by atoms with Crippen LogP contribution < -0.4 is 5.32 Å². The summed E-state index contributed by atoms with van der Waals surface area (Å²) in [4.78, 5) is 21.2. The number of fused-ring (bicyclic) bond motifs is 1. The second kappa shape index (κ2) is 8.06. The number of anilines is 1. The molecule has 1 N–H and O–H groups in total. The Bertz CT molecular complexity index is 1180. The van der Waals surface area contributed by atoms with Gasteiger partial charge >= 0.3 is 0 Å². The molecule has 0 radical (unpaired) electrons. The number of nitrogens with zero attached hydrogens (tertiary/aromatic N) is 3. The van der Waals surface area contributed by atoms with Crippen LogP contribution in [0.4, 0.5) is 5.69 Å². The number of carbonyl (C=O) groups is 1. The Morgan fingerprint density at radius 3 is 2.76 bits per heavy atom. The van der Waals surface area contributed by atoms with Crippen LogP contribution in [-0.2, 0) is 0 Å². The fraction of sp³-hybridized carbons (Fsp3) is 0.130. The predicted octanol–water partition coefficient (Wildman–Crippen LogP) is 5.16. The van der Waals surface area contributed by atoms with E-state index in [1.54, 1.807) is 12.3 Å². The fourth-order valence-electron chi connectivity index (χ4n) is 2.97. The zero-order valence-electron chi connectivity index (χ0n) is 16.2. The van der Waals surface area contributed by atoms with E-state index in [1.807, 2.05) is 68.5 Å². The van der Waals surface area contributed by atoms with Gasteiger partial charge in [-0.15, -0.1) is 0 Å². The summed E-state index contributed by atoms with van der Waals surface area (Å²) in [5, 5.41) is 7.74. The summed E-state index contributed by atoms with van der Waals surface area (Å²) in [5.74, 6) is -0.0555. The lowest BCUT2D eigenvalue weighted by molar-refractivity contribution is 0.102. The predicted molar refractivity (Wildman–Crippen MR) is 113 cm³/mol. The first-order valence-corrected chi connectivity index (χ1v) is 9.36. The zero-order valence-corrected chi connectivity index (χ0v) is 16.2. The van der Waals surface area contributed by atoms with E-state index < -0.39 is 0 Å². The lowest BCUT2D eigenvalue weighted by Crippen LogP contribution is -2.12. The smallest absolute Gasteiger partial charge is 0.257 e. The highest BCUT2D eigenvalue weighted by molar-refractivity contribution is 6.05. The van der Waals surface area contributed by atoms with Crippen molar-refractivity contribution < 1.29 is 9.32 Å². The van der Waals surface area contributed by atoms with E-state index in [9.17, 15) is 4.79 Å². The summed E-state index contributed by atoms with van der Waals surface area (Å²) in [5.41, 5.74) is 4.22. The molecule has 0 aliphatic heterocycles. The highest BCUT2D eigenvalue weighted by Gasteiger charge is 2.15. The number of pyridine rings is 2. The van der Waals surface area contributed by atoms with Crippen LogP contribution in [-0.4, -0.2) is 21.0 Å². The van der Waals surface area contributed by atoms with Gasteiger partial charge in [0.05, 0.1) is 22.3 Å². The molecule has 29 heavy (non-hydrogen) atoms. The molecule has 0 saturated heterocycles. The molecule has 0 aliphatic carbocycles. The molecule has 0 atom stereocenters. The Labute approximate surface area is 168 Å². The molecule has 0 aliphatic rings. The molecule has 3 aromatic heterocycles. The maximum absolute atomic E-state index is 12.7. The number of hydrogen-bond acceptors (Lipinski definition) is 5. The molecule has 1 amide bonds. The van der Waals surface area contributed by atoms with Crippen molar-refractivity contribution in [3.63, 3.8) is 0 Å². The van der Waals surface area contributed by atoms with Crippen LogP contribution in [0.5, 0.6) is 0 Å². The van der Waals surface area contributed by atoms with Crippen LogP contribution in [0.2, 0.25) is 0 Å². The van der Waals surface area contributed by atoms with E-state index in [0.717, 1.165) is 22.3 Å². The molecule has 3 heterocycles. The minimum Gasteiger partial charge on any atom is -0.336 e. The molecule has 6 heteroatoms. The van der Waals surface area contributed by atoms with Crippen molar-refractivity contribution in [1.29, 1.82) is 0 Å². The summed E-state index contributed by atoms with van der Waals surface area (Å²) >= 11 is 0.